The number of hydrogen-bond acceptors (Lipinski definition) is 2. The molecular formula is C11H15ClO2. The van der Waals surface area contributed by atoms with Gasteiger partial charge in [0.25, 0.3) is 0 Å². The number of aliphatic hydroxyl groups is 1. The Kier molecular flexibility index (Phi) is 4.23. The normalized spacial score (nSPS) is 12.6. The Bertz CT molecular complexity index is 299. The molecule has 1 aromatic rings. The Morgan fingerprint density at radius 1 is 1.50 bits per heavy atom. The molecule has 0 unspecified atom stereocenters. The van der Waals surface area contributed by atoms with Crippen molar-refractivity contribution in [3.8, 4) is 5.75 Å². The first kappa shape index (κ1) is 11.3. The molecular weight excluding hydrogens is 200 g/mol. The minimum Gasteiger partial charge on any atom is -0.495 e. The first-order valence-electron chi connectivity index (χ1n) is 4.71. The molecule has 1 rings (SSSR count). The van der Waals surface area contributed by atoms with Crippen LogP contribution >= 0.6 is 11.6 Å². The van der Waals surface area contributed by atoms with Crippen molar-refractivity contribution in [1.82, 2.24) is 0 Å². The minimum atomic E-state index is -0.498. The van der Waals surface area contributed by atoms with Crippen molar-refractivity contribution in [3.05, 3.63) is 28.8 Å². The summed E-state index contributed by atoms with van der Waals surface area (Å²) in [5.41, 5.74) is 0.743. The molecule has 0 aliphatic rings. The zero-order valence-electron chi connectivity index (χ0n) is 8.46. The van der Waals surface area contributed by atoms with E-state index in [0.29, 0.717) is 17.2 Å². The Labute approximate surface area is 89.5 Å². The molecule has 78 valence electrons. The molecule has 0 saturated heterocycles. The molecule has 1 aromatic carbocycles. The summed E-state index contributed by atoms with van der Waals surface area (Å²) in [4.78, 5) is 0. The predicted octanol–water partition coefficient (Wildman–Crippen LogP) is 3.18. The summed E-state index contributed by atoms with van der Waals surface area (Å²) in [7, 11) is 1.57. The SMILES string of the molecule is CCC[C@@H](O)c1cccc(OC)c1Cl. The van der Waals surface area contributed by atoms with E-state index in [-0.39, 0.29) is 0 Å². The summed E-state index contributed by atoms with van der Waals surface area (Å²) in [6, 6.07) is 5.44. The van der Waals surface area contributed by atoms with Crippen LogP contribution in [0.1, 0.15) is 31.4 Å². The fourth-order valence-electron chi connectivity index (χ4n) is 1.37. The highest BCUT2D eigenvalue weighted by Gasteiger charge is 2.13. The number of halogens is 1. The molecule has 0 radical (unpaired) electrons. The van der Waals surface area contributed by atoms with E-state index in [0.717, 1.165) is 12.0 Å². The monoisotopic (exact) mass is 214 g/mol. The van der Waals surface area contributed by atoms with Gasteiger partial charge in [0.1, 0.15) is 5.75 Å². The number of methoxy groups -OCH3 is 1. The van der Waals surface area contributed by atoms with Crippen molar-refractivity contribution in [2.75, 3.05) is 7.11 Å². The maximum atomic E-state index is 9.78. The van der Waals surface area contributed by atoms with E-state index in [4.69, 9.17) is 16.3 Å². The molecule has 0 amide bonds. The van der Waals surface area contributed by atoms with Crippen LogP contribution in [0.3, 0.4) is 0 Å². The van der Waals surface area contributed by atoms with Crippen LogP contribution < -0.4 is 4.74 Å². The molecule has 0 aromatic heterocycles. The summed E-state index contributed by atoms with van der Waals surface area (Å²) in [6.45, 7) is 2.03. The van der Waals surface area contributed by atoms with Crippen molar-refractivity contribution < 1.29 is 9.84 Å². The summed E-state index contributed by atoms with van der Waals surface area (Å²) in [6.07, 6.45) is 1.14. The van der Waals surface area contributed by atoms with E-state index in [1.807, 2.05) is 19.1 Å². The Balaban J connectivity index is 2.96. The quantitative estimate of drug-likeness (QED) is 0.834. The molecule has 3 heteroatoms. The zero-order valence-corrected chi connectivity index (χ0v) is 9.21. The summed E-state index contributed by atoms with van der Waals surface area (Å²) in [5.74, 6) is 0.610. The van der Waals surface area contributed by atoms with Gasteiger partial charge in [-0.25, -0.2) is 0 Å². The fraction of sp³-hybridized carbons (Fsp3) is 0.455. The van der Waals surface area contributed by atoms with Gasteiger partial charge in [-0.05, 0) is 12.5 Å². The van der Waals surface area contributed by atoms with E-state index in [1.54, 1.807) is 13.2 Å². The van der Waals surface area contributed by atoms with Gasteiger partial charge in [0, 0.05) is 5.56 Å². The minimum absolute atomic E-state index is 0.498. The third kappa shape index (κ3) is 2.40. The van der Waals surface area contributed by atoms with Crippen molar-refractivity contribution in [2.45, 2.75) is 25.9 Å². The lowest BCUT2D eigenvalue weighted by Crippen LogP contribution is -1.98. The molecule has 0 saturated carbocycles. The standard InChI is InChI=1S/C11H15ClO2/c1-3-5-9(13)8-6-4-7-10(14-2)11(8)12/h4,6-7,9,13H,3,5H2,1-2H3/t9-/m1/s1. The lowest BCUT2D eigenvalue weighted by atomic mass is 10.1. The highest BCUT2D eigenvalue weighted by Crippen LogP contribution is 2.33. The number of rotatable bonds is 4. The average Bonchev–Trinajstić information content (AvgIpc) is 2.18. The van der Waals surface area contributed by atoms with E-state index >= 15 is 0 Å². The molecule has 0 heterocycles. The van der Waals surface area contributed by atoms with Crippen molar-refractivity contribution >= 4 is 11.6 Å². The van der Waals surface area contributed by atoms with Crippen molar-refractivity contribution in [3.63, 3.8) is 0 Å². The second kappa shape index (κ2) is 5.23. The molecule has 1 N–H and O–H groups in total. The van der Waals surface area contributed by atoms with Crippen molar-refractivity contribution in [2.24, 2.45) is 0 Å². The lowest BCUT2D eigenvalue weighted by Gasteiger charge is -2.13. The maximum absolute atomic E-state index is 9.78. The zero-order chi connectivity index (χ0) is 10.6. The van der Waals surface area contributed by atoms with Crippen LogP contribution in [-0.4, -0.2) is 12.2 Å². The highest BCUT2D eigenvalue weighted by atomic mass is 35.5. The summed E-state index contributed by atoms with van der Waals surface area (Å²) >= 11 is 6.05. The Morgan fingerprint density at radius 2 is 2.21 bits per heavy atom. The third-order valence-electron chi connectivity index (χ3n) is 2.13. The molecule has 0 bridgehead atoms. The smallest absolute Gasteiger partial charge is 0.137 e. The van der Waals surface area contributed by atoms with E-state index in [2.05, 4.69) is 0 Å². The van der Waals surface area contributed by atoms with Gasteiger partial charge in [-0.15, -0.1) is 0 Å². The van der Waals surface area contributed by atoms with E-state index in [9.17, 15) is 5.11 Å². The predicted molar refractivity (Wildman–Crippen MR) is 57.9 cm³/mol. The molecule has 0 aliphatic carbocycles. The molecule has 2 nitrogen and oxygen atoms in total. The molecule has 1 atom stereocenters. The maximum Gasteiger partial charge on any atom is 0.137 e. The number of benzene rings is 1. The van der Waals surface area contributed by atoms with Gasteiger partial charge in [-0.2, -0.15) is 0 Å². The van der Waals surface area contributed by atoms with E-state index in [1.165, 1.54) is 0 Å². The van der Waals surface area contributed by atoms with Crippen LogP contribution in [0, 0.1) is 0 Å². The van der Waals surface area contributed by atoms with Crippen LogP contribution in [0.25, 0.3) is 0 Å². The number of hydrogen-bond donors (Lipinski definition) is 1. The van der Waals surface area contributed by atoms with Gasteiger partial charge < -0.3 is 9.84 Å². The Hall–Kier alpha value is -0.730. The Morgan fingerprint density at radius 3 is 2.79 bits per heavy atom. The fourth-order valence-corrected chi connectivity index (χ4v) is 1.70. The van der Waals surface area contributed by atoms with Crippen LogP contribution in [0.4, 0.5) is 0 Å². The van der Waals surface area contributed by atoms with Crippen molar-refractivity contribution in [1.29, 1.82) is 0 Å². The first-order valence-corrected chi connectivity index (χ1v) is 5.09. The number of ether oxygens (including phenoxy) is 1. The van der Waals surface area contributed by atoms with Gasteiger partial charge in [-0.1, -0.05) is 37.1 Å². The van der Waals surface area contributed by atoms with Gasteiger partial charge in [0.05, 0.1) is 18.2 Å². The molecule has 0 spiro atoms. The molecule has 14 heavy (non-hydrogen) atoms. The highest BCUT2D eigenvalue weighted by molar-refractivity contribution is 6.32. The van der Waals surface area contributed by atoms with Gasteiger partial charge in [0.2, 0.25) is 0 Å². The largest absolute Gasteiger partial charge is 0.495 e. The van der Waals surface area contributed by atoms with Crippen LogP contribution in [0.5, 0.6) is 5.75 Å². The summed E-state index contributed by atoms with van der Waals surface area (Å²) in [5, 5.41) is 10.3. The third-order valence-corrected chi connectivity index (χ3v) is 2.54. The topological polar surface area (TPSA) is 29.5 Å². The van der Waals surface area contributed by atoms with Crippen LogP contribution in [-0.2, 0) is 0 Å². The molecule has 0 fully saturated rings. The van der Waals surface area contributed by atoms with E-state index < -0.39 is 6.10 Å². The average molecular weight is 215 g/mol. The van der Waals surface area contributed by atoms with Crippen LogP contribution in [0.2, 0.25) is 5.02 Å². The molecule has 0 aliphatic heterocycles. The number of aliphatic hydroxyl groups excluding tert-OH is 1. The van der Waals surface area contributed by atoms with Gasteiger partial charge in [-0.3, -0.25) is 0 Å². The van der Waals surface area contributed by atoms with Gasteiger partial charge in [0.15, 0.2) is 0 Å². The first-order chi connectivity index (χ1) is 6.70. The lowest BCUT2D eigenvalue weighted by molar-refractivity contribution is 0.166. The van der Waals surface area contributed by atoms with Gasteiger partial charge >= 0.3 is 0 Å². The van der Waals surface area contributed by atoms with Crippen LogP contribution in [0.15, 0.2) is 18.2 Å². The second-order valence-corrected chi connectivity index (χ2v) is 3.55. The second-order valence-electron chi connectivity index (χ2n) is 3.17. The summed E-state index contributed by atoms with van der Waals surface area (Å²) < 4.78 is 5.07.